The van der Waals surface area contributed by atoms with Gasteiger partial charge in [0.2, 0.25) is 15.6 Å². The lowest BCUT2D eigenvalue weighted by Crippen LogP contribution is -2.12. The van der Waals surface area contributed by atoms with Gasteiger partial charge in [0.15, 0.2) is 0 Å². The number of pyridine rings is 1. The summed E-state index contributed by atoms with van der Waals surface area (Å²) in [6.45, 7) is 4.00. The van der Waals surface area contributed by atoms with Crippen LogP contribution in [0.1, 0.15) is 12.6 Å². The maximum Gasteiger partial charge on any atom is 0.248 e. The number of aromatic amines is 1. The van der Waals surface area contributed by atoms with E-state index in [9.17, 15) is 13.2 Å². The summed E-state index contributed by atoms with van der Waals surface area (Å²) in [5.41, 5.74) is 1.65. The van der Waals surface area contributed by atoms with E-state index in [0.717, 1.165) is 0 Å². The molecular weight excluding hydrogens is 292 g/mol. The van der Waals surface area contributed by atoms with Crippen LogP contribution in [-0.4, -0.2) is 20.0 Å². The van der Waals surface area contributed by atoms with Gasteiger partial charge in [0.25, 0.3) is 0 Å². The fourth-order valence-corrected chi connectivity index (χ4v) is 2.59. The number of rotatable bonds is 4. The van der Waals surface area contributed by atoms with Crippen molar-refractivity contribution in [2.24, 2.45) is 5.14 Å². The zero-order valence-electron chi connectivity index (χ0n) is 11.7. The zero-order chi connectivity index (χ0) is 15.6. The number of nitrogens with one attached hydrogen (secondary N) is 1. The van der Waals surface area contributed by atoms with E-state index >= 15 is 0 Å². The molecule has 0 saturated carbocycles. The molecule has 6 nitrogen and oxygen atoms in total. The maximum absolute atomic E-state index is 11.5. The molecule has 0 aliphatic rings. The summed E-state index contributed by atoms with van der Waals surface area (Å²) in [6.07, 6.45) is 0. The Kier molecular flexibility index (Phi) is 4.15. The quantitative estimate of drug-likeness (QED) is 0.891. The minimum absolute atomic E-state index is 0.00782. The minimum Gasteiger partial charge on any atom is -0.493 e. The molecule has 21 heavy (non-hydrogen) atoms. The van der Waals surface area contributed by atoms with Crippen LogP contribution in [0.4, 0.5) is 0 Å². The average Bonchev–Trinajstić information content (AvgIpc) is 2.39. The molecule has 0 saturated heterocycles. The van der Waals surface area contributed by atoms with Gasteiger partial charge in [0.05, 0.1) is 11.5 Å². The van der Waals surface area contributed by atoms with Crippen LogP contribution in [0.5, 0.6) is 5.75 Å². The van der Waals surface area contributed by atoms with Crippen LogP contribution < -0.4 is 15.4 Å². The first-order chi connectivity index (χ1) is 9.82. The summed E-state index contributed by atoms with van der Waals surface area (Å²) in [4.78, 5) is 14.0. The van der Waals surface area contributed by atoms with Crippen molar-refractivity contribution in [1.82, 2.24) is 4.98 Å². The van der Waals surface area contributed by atoms with Crippen molar-refractivity contribution in [2.45, 2.75) is 18.7 Å². The molecule has 0 bridgehead atoms. The Morgan fingerprint density at radius 2 is 1.90 bits per heavy atom. The molecule has 0 spiro atoms. The standard InChI is InChI=1S/C14H16N2O4S/c1-3-20-13-6-4-10(21(15,18)19)8-12(13)11-5-7-14(17)16-9(11)2/h4-8H,3H2,1-2H3,(H,16,17)(H2,15,18,19). The van der Waals surface area contributed by atoms with Crippen LogP contribution in [0.3, 0.4) is 0 Å². The summed E-state index contributed by atoms with van der Waals surface area (Å²) in [5, 5.41) is 5.16. The van der Waals surface area contributed by atoms with Crippen molar-refractivity contribution in [3.8, 4) is 16.9 Å². The number of aromatic nitrogens is 1. The van der Waals surface area contributed by atoms with Crippen LogP contribution in [-0.2, 0) is 10.0 Å². The molecule has 0 amide bonds. The van der Waals surface area contributed by atoms with Gasteiger partial charge in [-0.1, -0.05) is 0 Å². The molecule has 1 aromatic heterocycles. The van der Waals surface area contributed by atoms with Gasteiger partial charge >= 0.3 is 0 Å². The zero-order valence-corrected chi connectivity index (χ0v) is 12.5. The molecule has 0 radical (unpaired) electrons. The highest BCUT2D eigenvalue weighted by atomic mass is 32.2. The molecule has 7 heteroatoms. The summed E-state index contributed by atoms with van der Waals surface area (Å²) >= 11 is 0. The number of benzene rings is 1. The number of H-pyrrole nitrogens is 1. The van der Waals surface area contributed by atoms with Crippen molar-refractivity contribution < 1.29 is 13.2 Å². The lowest BCUT2D eigenvalue weighted by atomic mass is 10.0. The van der Waals surface area contributed by atoms with E-state index in [1.165, 1.54) is 18.2 Å². The first-order valence-electron chi connectivity index (χ1n) is 6.33. The number of hydrogen-bond donors (Lipinski definition) is 2. The SMILES string of the molecule is CCOc1ccc(S(N)(=O)=O)cc1-c1ccc(=O)[nH]c1C. The summed E-state index contributed by atoms with van der Waals surface area (Å²) in [5.74, 6) is 0.528. The Morgan fingerprint density at radius 1 is 1.19 bits per heavy atom. The highest BCUT2D eigenvalue weighted by Crippen LogP contribution is 2.33. The predicted octanol–water partition coefficient (Wildman–Crippen LogP) is 1.40. The molecule has 0 fully saturated rings. The largest absolute Gasteiger partial charge is 0.493 e. The van der Waals surface area contributed by atoms with E-state index in [2.05, 4.69) is 4.98 Å². The molecule has 0 atom stereocenters. The lowest BCUT2D eigenvalue weighted by molar-refractivity contribution is 0.341. The third kappa shape index (κ3) is 3.32. The smallest absolute Gasteiger partial charge is 0.248 e. The highest BCUT2D eigenvalue weighted by molar-refractivity contribution is 7.89. The van der Waals surface area contributed by atoms with Gasteiger partial charge in [-0.25, -0.2) is 13.6 Å². The molecular formula is C14H16N2O4S. The third-order valence-electron chi connectivity index (χ3n) is 2.99. The average molecular weight is 308 g/mol. The van der Waals surface area contributed by atoms with Crippen molar-refractivity contribution in [1.29, 1.82) is 0 Å². The second kappa shape index (κ2) is 5.71. The topological polar surface area (TPSA) is 102 Å². The van der Waals surface area contributed by atoms with E-state index in [1.807, 2.05) is 6.92 Å². The molecule has 3 N–H and O–H groups in total. The van der Waals surface area contributed by atoms with Gasteiger partial charge in [0, 0.05) is 22.9 Å². The number of ether oxygens (including phenoxy) is 1. The predicted molar refractivity (Wildman–Crippen MR) is 79.8 cm³/mol. The molecule has 2 rings (SSSR count). The second-order valence-electron chi connectivity index (χ2n) is 4.50. The summed E-state index contributed by atoms with van der Waals surface area (Å²) < 4.78 is 28.5. The van der Waals surface area contributed by atoms with Gasteiger partial charge in [-0.2, -0.15) is 0 Å². The molecule has 1 heterocycles. The molecule has 0 unspecified atom stereocenters. The minimum atomic E-state index is -3.81. The van der Waals surface area contributed by atoms with E-state index in [-0.39, 0.29) is 10.5 Å². The summed E-state index contributed by atoms with van der Waals surface area (Å²) in [6, 6.07) is 7.40. The van der Waals surface area contributed by atoms with Gasteiger partial charge in [0.1, 0.15) is 5.75 Å². The van der Waals surface area contributed by atoms with Crippen LogP contribution >= 0.6 is 0 Å². The number of hydrogen-bond acceptors (Lipinski definition) is 4. The van der Waals surface area contributed by atoms with E-state index in [4.69, 9.17) is 9.88 Å². The number of nitrogens with two attached hydrogens (primary N) is 1. The van der Waals surface area contributed by atoms with Crippen LogP contribution in [0.2, 0.25) is 0 Å². The van der Waals surface area contributed by atoms with Gasteiger partial charge in [-0.05, 0) is 38.1 Å². The molecule has 1 aromatic carbocycles. The van der Waals surface area contributed by atoms with Gasteiger partial charge in [-0.3, -0.25) is 4.79 Å². The normalized spacial score (nSPS) is 11.4. The van der Waals surface area contributed by atoms with Crippen LogP contribution in [0.25, 0.3) is 11.1 Å². The fraction of sp³-hybridized carbons (Fsp3) is 0.214. The molecule has 2 aromatic rings. The van der Waals surface area contributed by atoms with E-state index in [1.54, 1.807) is 19.1 Å². The van der Waals surface area contributed by atoms with Crippen molar-refractivity contribution >= 4 is 10.0 Å². The third-order valence-corrected chi connectivity index (χ3v) is 3.90. The summed E-state index contributed by atoms with van der Waals surface area (Å²) in [7, 11) is -3.81. The number of aryl methyl sites for hydroxylation is 1. The van der Waals surface area contributed by atoms with Crippen LogP contribution in [0, 0.1) is 6.92 Å². The van der Waals surface area contributed by atoms with Crippen molar-refractivity contribution in [3.63, 3.8) is 0 Å². The molecule has 112 valence electrons. The van der Waals surface area contributed by atoms with Crippen LogP contribution in [0.15, 0.2) is 40.0 Å². The maximum atomic E-state index is 11.5. The fourth-order valence-electron chi connectivity index (χ4n) is 2.05. The number of primary sulfonamides is 1. The van der Waals surface area contributed by atoms with Crippen molar-refractivity contribution in [2.75, 3.05) is 6.61 Å². The first-order valence-corrected chi connectivity index (χ1v) is 7.87. The lowest BCUT2D eigenvalue weighted by Gasteiger charge is -2.13. The van der Waals surface area contributed by atoms with E-state index in [0.29, 0.717) is 29.2 Å². The van der Waals surface area contributed by atoms with Gasteiger partial charge in [-0.15, -0.1) is 0 Å². The molecule has 0 aliphatic carbocycles. The monoisotopic (exact) mass is 308 g/mol. The Bertz CT molecular complexity index is 825. The molecule has 0 aliphatic heterocycles. The second-order valence-corrected chi connectivity index (χ2v) is 6.06. The number of sulfonamides is 1. The van der Waals surface area contributed by atoms with Crippen molar-refractivity contribution in [3.05, 3.63) is 46.4 Å². The highest BCUT2D eigenvalue weighted by Gasteiger charge is 2.15. The Morgan fingerprint density at radius 3 is 2.48 bits per heavy atom. The van der Waals surface area contributed by atoms with Gasteiger partial charge < -0.3 is 9.72 Å². The Hall–Kier alpha value is -2.12. The Labute approximate surface area is 122 Å². The Balaban J connectivity index is 2.71. The first kappa shape index (κ1) is 15.3. The van der Waals surface area contributed by atoms with E-state index < -0.39 is 10.0 Å².